The summed E-state index contributed by atoms with van der Waals surface area (Å²) >= 11 is 0. The second-order valence-electron chi connectivity index (χ2n) is 9.05. The Morgan fingerprint density at radius 1 is 0.943 bits per heavy atom. The summed E-state index contributed by atoms with van der Waals surface area (Å²) in [5.74, 6) is 0.688. The third-order valence-electron chi connectivity index (χ3n) is 6.55. The molecule has 4 aromatic rings. The number of ether oxygens (including phenoxy) is 1. The second kappa shape index (κ2) is 10.8. The van der Waals surface area contributed by atoms with Crippen molar-refractivity contribution in [2.75, 3.05) is 31.5 Å². The van der Waals surface area contributed by atoms with Crippen molar-refractivity contribution in [1.29, 1.82) is 0 Å². The Bertz CT molecular complexity index is 1240. The monoisotopic (exact) mass is 472 g/mol. The first-order chi connectivity index (χ1) is 17.2. The van der Waals surface area contributed by atoms with Gasteiger partial charge in [0.2, 0.25) is 0 Å². The van der Waals surface area contributed by atoms with Crippen molar-refractivity contribution >= 4 is 11.5 Å². The predicted octanol–water partition coefficient (Wildman–Crippen LogP) is 3.50. The van der Waals surface area contributed by atoms with Gasteiger partial charge in [0.1, 0.15) is 11.9 Å². The van der Waals surface area contributed by atoms with Crippen LogP contribution < -0.4 is 11.0 Å². The van der Waals surface area contributed by atoms with Crippen LogP contribution in [0.15, 0.2) is 77.6 Å². The molecule has 3 heterocycles. The fourth-order valence-corrected chi connectivity index (χ4v) is 4.65. The summed E-state index contributed by atoms with van der Waals surface area (Å²) in [7, 11) is 1.63. The maximum absolute atomic E-state index is 12.0. The van der Waals surface area contributed by atoms with Crippen LogP contribution in [0.5, 0.6) is 0 Å². The molecule has 0 atom stereocenters. The van der Waals surface area contributed by atoms with Crippen molar-refractivity contribution in [3.8, 4) is 0 Å². The minimum Gasteiger partial charge on any atom is -0.369 e. The van der Waals surface area contributed by atoms with E-state index >= 15 is 0 Å². The lowest BCUT2D eigenvalue weighted by Crippen LogP contribution is -2.38. The van der Waals surface area contributed by atoms with Crippen LogP contribution in [0.2, 0.25) is 0 Å². The van der Waals surface area contributed by atoms with Crippen molar-refractivity contribution in [1.82, 2.24) is 24.3 Å². The van der Waals surface area contributed by atoms with Crippen LogP contribution in [0, 0.1) is 0 Å². The van der Waals surface area contributed by atoms with E-state index < -0.39 is 0 Å². The van der Waals surface area contributed by atoms with E-state index in [9.17, 15) is 4.79 Å². The zero-order chi connectivity index (χ0) is 24.0. The Balaban J connectivity index is 1.09. The lowest BCUT2D eigenvalue weighted by atomic mass is 10.00. The normalized spacial score (nSPS) is 15.1. The van der Waals surface area contributed by atoms with Crippen molar-refractivity contribution < 1.29 is 4.74 Å². The Hall–Kier alpha value is -3.49. The molecule has 0 spiro atoms. The van der Waals surface area contributed by atoms with E-state index in [1.807, 2.05) is 18.2 Å². The molecule has 35 heavy (non-hydrogen) atoms. The molecule has 0 amide bonds. The average Bonchev–Trinajstić information content (AvgIpc) is 3.19. The Kier molecular flexibility index (Phi) is 7.20. The van der Waals surface area contributed by atoms with Gasteiger partial charge in [0, 0.05) is 26.7 Å². The van der Waals surface area contributed by atoms with E-state index in [0.717, 1.165) is 45.4 Å². The molecule has 0 bridgehead atoms. The zero-order valence-corrected chi connectivity index (χ0v) is 20.1. The number of rotatable bonds is 9. The Morgan fingerprint density at radius 2 is 1.60 bits per heavy atom. The van der Waals surface area contributed by atoms with Crippen molar-refractivity contribution in [3.05, 3.63) is 94.4 Å². The highest BCUT2D eigenvalue weighted by Gasteiger charge is 2.24. The summed E-state index contributed by atoms with van der Waals surface area (Å²) in [4.78, 5) is 14.5. The van der Waals surface area contributed by atoms with Gasteiger partial charge in [-0.15, -0.1) is 10.2 Å². The molecular weight excluding hydrogens is 440 g/mol. The molecule has 0 aliphatic carbocycles. The SMILES string of the molecule is Cn1nc2ccc(NCCCN3CCC(OC(c4ccccc4)c4ccccc4)CC3)nn2c1=O. The predicted molar refractivity (Wildman–Crippen MR) is 137 cm³/mol. The second-order valence-corrected chi connectivity index (χ2v) is 9.05. The fraction of sp³-hybridized carbons (Fsp3) is 0.370. The minimum atomic E-state index is -0.240. The van der Waals surface area contributed by atoms with Crippen LogP contribution in [0.25, 0.3) is 5.65 Å². The van der Waals surface area contributed by atoms with Gasteiger partial charge < -0.3 is 15.0 Å². The molecule has 1 fully saturated rings. The number of anilines is 1. The molecular formula is C27H32N6O2. The average molecular weight is 473 g/mol. The van der Waals surface area contributed by atoms with Gasteiger partial charge in [-0.2, -0.15) is 4.52 Å². The number of nitrogens with zero attached hydrogens (tertiary/aromatic N) is 5. The smallest absolute Gasteiger partial charge is 0.366 e. The number of piperidine rings is 1. The minimum absolute atomic E-state index is 0.0321. The van der Waals surface area contributed by atoms with E-state index in [-0.39, 0.29) is 17.9 Å². The van der Waals surface area contributed by atoms with Gasteiger partial charge in [-0.1, -0.05) is 60.7 Å². The first kappa shape index (κ1) is 23.3. The summed E-state index contributed by atoms with van der Waals surface area (Å²) in [6.07, 6.45) is 3.29. The molecule has 1 saturated heterocycles. The topological polar surface area (TPSA) is 76.7 Å². The summed E-state index contributed by atoms with van der Waals surface area (Å²) in [5, 5.41) is 11.8. The highest BCUT2D eigenvalue weighted by Crippen LogP contribution is 2.30. The Labute approximate surface area is 205 Å². The molecule has 2 aromatic carbocycles. The molecule has 0 saturated carbocycles. The van der Waals surface area contributed by atoms with Gasteiger partial charge in [0.25, 0.3) is 0 Å². The molecule has 0 radical (unpaired) electrons. The summed E-state index contributed by atoms with van der Waals surface area (Å²) < 4.78 is 9.28. The number of aryl methyl sites for hydroxylation is 1. The number of likely N-dealkylation sites (tertiary alicyclic amines) is 1. The number of nitrogens with one attached hydrogen (secondary N) is 1. The van der Waals surface area contributed by atoms with Crippen LogP contribution in [-0.2, 0) is 11.8 Å². The standard InChI is InChI=1S/C27H32N6O2/c1-31-27(34)33-25(30-31)14-13-24(29-33)28-17-8-18-32-19-15-23(16-20-32)35-26(21-9-4-2-5-10-21)22-11-6-3-7-12-22/h2-7,9-14,23,26H,8,15-20H2,1H3,(H,28,29). The maximum Gasteiger partial charge on any atom is 0.366 e. The van der Waals surface area contributed by atoms with Crippen molar-refractivity contribution in [3.63, 3.8) is 0 Å². The number of aromatic nitrogens is 4. The van der Waals surface area contributed by atoms with Crippen molar-refractivity contribution in [2.24, 2.45) is 7.05 Å². The summed E-state index contributed by atoms with van der Waals surface area (Å²) in [6.45, 7) is 3.90. The molecule has 5 rings (SSSR count). The van der Waals surface area contributed by atoms with Gasteiger partial charge in [-0.05, 0) is 49.1 Å². The molecule has 1 N–H and O–H groups in total. The van der Waals surface area contributed by atoms with Crippen LogP contribution >= 0.6 is 0 Å². The highest BCUT2D eigenvalue weighted by atomic mass is 16.5. The summed E-state index contributed by atoms with van der Waals surface area (Å²) in [5.41, 5.74) is 2.71. The first-order valence-electron chi connectivity index (χ1n) is 12.3. The van der Waals surface area contributed by atoms with Crippen LogP contribution in [0.4, 0.5) is 5.82 Å². The third-order valence-corrected chi connectivity index (χ3v) is 6.55. The number of benzene rings is 2. The van der Waals surface area contributed by atoms with Crippen LogP contribution in [0.3, 0.4) is 0 Å². The van der Waals surface area contributed by atoms with Gasteiger partial charge >= 0.3 is 5.69 Å². The van der Waals surface area contributed by atoms with Gasteiger partial charge in [-0.25, -0.2) is 9.48 Å². The van der Waals surface area contributed by atoms with Crippen LogP contribution in [-0.4, -0.2) is 56.6 Å². The Morgan fingerprint density at radius 3 is 2.26 bits per heavy atom. The quantitative estimate of drug-likeness (QED) is 0.376. The highest BCUT2D eigenvalue weighted by molar-refractivity contribution is 5.43. The van der Waals surface area contributed by atoms with E-state index in [4.69, 9.17) is 4.74 Å². The maximum atomic E-state index is 12.0. The molecule has 8 heteroatoms. The van der Waals surface area contributed by atoms with E-state index in [0.29, 0.717) is 11.5 Å². The summed E-state index contributed by atoms with van der Waals surface area (Å²) in [6, 6.07) is 24.7. The molecule has 182 valence electrons. The zero-order valence-electron chi connectivity index (χ0n) is 20.1. The van der Waals surface area contributed by atoms with Gasteiger partial charge in [-0.3, -0.25) is 0 Å². The van der Waals surface area contributed by atoms with Gasteiger partial charge in [0.05, 0.1) is 6.10 Å². The van der Waals surface area contributed by atoms with Crippen molar-refractivity contribution in [2.45, 2.75) is 31.5 Å². The molecule has 0 unspecified atom stereocenters. The number of hydrogen-bond donors (Lipinski definition) is 1. The largest absolute Gasteiger partial charge is 0.369 e. The molecule has 1 aliphatic rings. The lowest BCUT2D eigenvalue weighted by Gasteiger charge is -2.34. The van der Waals surface area contributed by atoms with Gasteiger partial charge in [0.15, 0.2) is 5.65 Å². The van der Waals surface area contributed by atoms with E-state index in [2.05, 4.69) is 68.9 Å². The number of hydrogen-bond acceptors (Lipinski definition) is 6. The number of fused-ring (bicyclic) bond motifs is 1. The van der Waals surface area contributed by atoms with Crippen LogP contribution in [0.1, 0.15) is 36.5 Å². The molecule has 1 aliphatic heterocycles. The molecule has 2 aromatic heterocycles. The van der Waals surface area contributed by atoms with E-state index in [1.165, 1.54) is 20.3 Å². The molecule has 8 nitrogen and oxygen atoms in total. The lowest BCUT2D eigenvalue weighted by molar-refractivity contribution is -0.0269. The third kappa shape index (κ3) is 5.61. The first-order valence-corrected chi connectivity index (χ1v) is 12.3. The van der Waals surface area contributed by atoms with E-state index in [1.54, 1.807) is 13.1 Å². The fourth-order valence-electron chi connectivity index (χ4n) is 4.65.